The molecule has 0 aromatic heterocycles. The van der Waals surface area contributed by atoms with E-state index in [-0.39, 0.29) is 6.61 Å². The van der Waals surface area contributed by atoms with E-state index >= 15 is 0 Å². The van der Waals surface area contributed by atoms with Crippen LogP contribution in [-0.2, 0) is 11.3 Å². The monoisotopic (exact) mass is 361 g/mol. The van der Waals surface area contributed by atoms with Crippen molar-refractivity contribution in [1.29, 1.82) is 0 Å². The van der Waals surface area contributed by atoms with Gasteiger partial charge >= 0.3 is 6.09 Å². The molecule has 2 atom stereocenters. The molecule has 26 heavy (non-hydrogen) atoms. The number of hydrogen-bond donors (Lipinski definition) is 3. The predicted octanol–water partition coefficient (Wildman–Crippen LogP) is 2.02. The molecule has 0 saturated carbocycles. The highest BCUT2D eigenvalue weighted by Crippen LogP contribution is 2.31. The van der Waals surface area contributed by atoms with E-state index in [2.05, 4.69) is 5.32 Å². The van der Waals surface area contributed by atoms with Crippen molar-refractivity contribution in [3.8, 4) is 11.5 Å². The zero-order valence-corrected chi connectivity index (χ0v) is 14.7. The highest BCUT2D eigenvalue weighted by atomic mass is 16.5. The quantitative estimate of drug-likeness (QED) is 0.666. The summed E-state index contributed by atoms with van der Waals surface area (Å²) in [6.45, 7) is -0.385. The van der Waals surface area contributed by atoms with E-state index in [1.807, 2.05) is 30.3 Å². The van der Waals surface area contributed by atoms with Crippen LogP contribution in [0.4, 0.5) is 4.79 Å². The molecule has 7 nitrogen and oxygen atoms in total. The molecule has 0 spiro atoms. The third kappa shape index (κ3) is 5.11. The molecular weight excluding hydrogens is 338 g/mol. The Kier molecular flexibility index (Phi) is 7.25. The minimum atomic E-state index is -1.19. The first kappa shape index (κ1) is 19.6. The smallest absolute Gasteiger partial charge is 0.407 e. The number of ether oxygens (including phenoxy) is 3. The lowest BCUT2D eigenvalue weighted by molar-refractivity contribution is 0.0748. The number of carbonyl (C=O) groups excluding carboxylic acids is 1. The molecule has 1 amide bonds. The summed E-state index contributed by atoms with van der Waals surface area (Å²) in [6, 6.07) is 13.1. The first-order valence-electron chi connectivity index (χ1n) is 8.07. The molecule has 2 rings (SSSR count). The number of rotatable bonds is 8. The van der Waals surface area contributed by atoms with Gasteiger partial charge in [-0.05, 0) is 17.7 Å². The zero-order chi connectivity index (χ0) is 18.9. The normalized spacial score (nSPS) is 12.8. The maximum Gasteiger partial charge on any atom is 0.407 e. The molecule has 0 fully saturated rings. The average molecular weight is 361 g/mol. The fraction of sp³-hybridized carbons (Fsp3) is 0.316. The number of alkyl carbamates (subject to hydrolysis) is 1. The van der Waals surface area contributed by atoms with E-state index in [0.717, 1.165) is 5.56 Å². The topological polar surface area (TPSA) is 97.2 Å². The summed E-state index contributed by atoms with van der Waals surface area (Å²) >= 11 is 0. The van der Waals surface area contributed by atoms with Crippen LogP contribution < -0.4 is 14.8 Å². The SMILES string of the molecule is COc1ccc([C@@H](O)[C@@H](CO)NC(=O)OCc2ccccc2)c(OC)c1. The number of hydrogen-bond acceptors (Lipinski definition) is 6. The fourth-order valence-electron chi connectivity index (χ4n) is 2.42. The van der Waals surface area contributed by atoms with E-state index in [1.165, 1.54) is 14.2 Å². The highest BCUT2D eigenvalue weighted by Gasteiger charge is 2.25. The molecule has 0 radical (unpaired) electrons. The molecule has 0 aliphatic heterocycles. The minimum absolute atomic E-state index is 0.0901. The van der Waals surface area contributed by atoms with E-state index in [4.69, 9.17) is 14.2 Å². The molecule has 0 saturated heterocycles. The molecule has 0 bridgehead atoms. The van der Waals surface area contributed by atoms with Crippen molar-refractivity contribution in [3.05, 3.63) is 59.7 Å². The van der Waals surface area contributed by atoms with Crippen LogP contribution in [0.3, 0.4) is 0 Å². The van der Waals surface area contributed by atoms with E-state index in [0.29, 0.717) is 17.1 Å². The zero-order valence-electron chi connectivity index (χ0n) is 14.7. The Labute approximate surface area is 152 Å². The summed E-state index contributed by atoms with van der Waals surface area (Å²) in [5, 5.41) is 22.6. The maximum atomic E-state index is 12.0. The van der Waals surface area contributed by atoms with Gasteiger partial charge in [-0.1, -0.05) is 30.3 Å². The molecule has 0 heterocycles. The van der Waals surface area contributed by atoms with Crippen molar-refractivity contribution in [2.24, 2.45) is 0 Å². The van der Waals surface area contributed by atoms with Gasteiger partial charge in [-0.2, -0.15) is 0 Å². The van der Waals surface area contributed by atoms with Crippen molar-refractivity contribution in [2.75, 3.05) is 20.8 Å². The summed E-state index contributed by atoms with van der Waals surface area (Å²) < 4.78 is 15.5. The van der Waals surface area contributed by atoms with Gasteiger partial charge in [-0.25, -0.2) is 4.79 Å². The Bertz CT molecular complexity index is 706. The molecule has 0 unspecified atom stereocenters. The van der Waals surface area contributed by atoms with Crippen LogP contribution in [0.5, 0.6) is 11.5 Å². The van der Waals surface area contributed by atoms with Gasteiger partial charge in [-0.15, -0.1) is 0 Å². The number of nitrogens with one attached hydrogen (secondary N) is 1. The van der Waals surface area contributed by atoms with Crippen molar-refractivity contribution in [3.63, 3.8) is 0 Å². The lowest BCUT2D eigenvalue weighted by atomic mass is 10.0. The summed E-state index contributed by atoms with van der Waals surface area (Å²) in [4.78, 5) is 12.0. The molecular formula is C19H23NO6. The Morgan fingerprint density at radius 3 is 2.46 bits per heavy atom. The third-order valence-corrected chi connectivity index (χ3v) is 3.85. The third-order valence-electron chi connectivity index (χ3n) is 3.85. The number of aliphatic hydroxyl groups is 2. The van der Waals surface area contributed by atoms with Crippen LogP contribution in [0.15, 0.2) is 48.5 Å². The average Bonchev–Trinajstić information content (AvgIpc) is 2.70. The van der Waals surface area contributed by atoms with Crippen molar-refractivity contribution >= 4 is 6.09 Å². The van der Waals surface area contributed by atoms with Crippen molar-refractivity contribution in [2.45, 2.75) is 18.8 Å². The predicted molar refractivity (Wildman–Crippen MR) is 95.1 cm³/mol. The number of aliphatic hydroxyl groups excluding tert-OH is 2. The standard InChI is InChI=1S/C19H23NO6/c1-24-14-8-9-15(17(10-14)25-2)18(22)16(11-21)20-19(23)26-12-13-6-4-3-5-7-13/h3-10,16,18,21-22H,11-12H2,1-2H3,(H,20,23)/t16-,18-/m1/s1. The van der Waals surface area contributed by atoms with Gasteiger partial charge in [0.25, 0.3) is 0 Å². The molecule has 2 aromatic carbocycles. The van der Waals surface area contributed by atoms with Gasteiger partial charge in [0, 0.05) is 11.6 Å². The minimum Gasteiger partial charge on any atom is -0.497 e. The highest BCUT2D eigenvalue weighted by molar-refractivity contribution is 5.67. The molecule has 7 heteroatoms. The number of carbonyl (C=O) groups is 1. The van der Waals surface area contributed by atoms with E-state index in [1.54, 1.807) is 18.2 Å². The molecule has 140 valence electrons. The second kappa shape index (κ2) is 9.65. The summed E-state index contributed by atoms with van der Waals surface area (Å²) in [5.74, 6) is 0.948. The van der Waals surface area contributed by atoms with E-state index in [9.17, 15) is 15.0 Å². The molecule has 3 N–H and O–H groups in total. The van der Waals surface area contributed by atoms with Gasteiger partial charge in [-0.3, -0.25) is 0 Å². The number of amides is 1. The lowest BCUT2D eigenvalue weighted by Gasteiger charge is -2.24. The van der Waals surface area contributed by atoms with Crippen LogP contribution in [0.1, 0.15) is 17.2 Å². The fourth-order valence-corrected chi connectivity index (χ4v) is 2.42. The second-order valence-electron chi connectivity index (χ2n) is 5.55. The van der Waals surface area contributed by atoms with Crippen molar-refractivity contribution in [1.82, 2.24) is 5.32 Å². The van der Waals surface area contributed by atoms with Crippen LogP contribution in [0, 0.1) is 0 Å². The van der Waals surface area contributed by atoms with Gasteiger partial charge < -0.3 is 29.7 Å². The Hall–Kier alpha value is -2.77. The summed E-state index contributed by atoms with van der Waals surface area (Å²) in [7, 11) is 2.98. The van der Waals surface area contributed by atoms with Gasteiger partial charge in [0.05, 0.1) is 26.9 Å². The van der Waals surface area contributed by atoms with Gasteiger partial charge in [0.2, 0.25) is 0 Å². The largest absolute Gasteiger partial charge is 0.497 e. The number of methoxy groups -OCH3 is 2. The van der Waals surface area contributed by atoms with Crippen molar-refractivity contribution < 1.29 is 29.2 Å². The van der Waals surface area contributed by atoms with Gasteiger partial charge in [0.1, 0.15) is 24.2 Å². The van der Waals surface area contributed by atoms with Gasteiger partial charge in [0.15, 0.2) is 0 Å². The molecule has 0 aliphatic rings. The lowest BCUT2D eigenvalue weighted by Crippen LogP contribution is -2.42. The maximum absolute atomic E-state index is 12.0. The van der Waals surface area contributed by atoms with Crippen LogP contribution in [-0.4, -0.2) is 43.2 Å². The number of benzene rings is 2. The van der Waals surface area contributed by atoms with Crippen LogP contribution >= 0.6 is 0 Å². The molecule has 2 aromatic rings. The Balaban J connectivity index is 2.01. The first-order chi connectivity index (χ1) is 12.6. The van der Waals surface area contributed by atoms with Crippen LogP contribution in [0.2, 0.25) is 0 Å². The Morgan fingerprint density at radius 2 is 1.85 bits per heavy atom. The summed E-state index contributed by atoms with van der Waals surface area (Å²) in [5.41, 5.74) is 1.25. The Morgan fingerprint density at radius 1 is 1.12 bits per heavy atom. The van der Waals surface area contributed by atoms with E-state index < -0.39 is 24.8 Å². The summed E-state index contributed by atoms with van der Waals surface area (Å²) in [6.07, 6.45) is -1.93. The second-order valence-corrected chi connectivity index (χ2v) is 5.55. The van der Waals surface area contributed by atoms with Crippen LogP contribution in [0.25, 0.3) is 0 Å². The molecule has 0 aliphatic carbocycles. The first-order valence-corrected chi connectivity index (χ1v) is 8.07.